The maximum atomic E-state index is 12.6. The van der Waals surface area contributed by atoms with Crippen molar-refractivity contribution in [3.63, 3.8) is 0 Å². The maximum absolute atomic E-state index is 12.6. The van der Waals surface area contributed by atoms with Crippen molar-refractivity contribution in [1.82, 2.24) is 10.0 Å². The van der Waals surface area contributed by atoms with Gasteiger partial charge in [-0.25, -0.2) is 17.9 Å². The maximum Gasteiger partial charge on any atom is 0.337 e. The van der Waals surface area contributed by atoms with Crippen molar-refractivity contribution in [2.24, 2.45) is 0 Å². The van der Waals surface area contributed by atoms with Crippen LogP contribution in [0.25, 0.3) is 0 Å². The first-order valence-corrected chi connectivity index (χ1v) is 13.2. The lowest BCUT2D eigenvalue weighted by atomic mass is 10.1. The Morgan fingerprint density at radius 3 is 2.44 bits per heavy atom. The van der Waals surface area contributed by atoms with Crippen molar-refractivity contribution in [2.75, 3.05) is 18.1 Å². The van der Waals surface area contributed by atoms with Gasteiger partial charge in [-0.1, -0.05) is 38.0 Å². The summed E-state index contributed by atoms with van der Waals surface area (Å²) in [5.74, 6) is -1.39. The van der Waals surface area contributed by atoms with Crippen LogP contribution >= 0.6 is 22.6 Å². The van der Waals surface area contributed by atoms with Gasteiger partial charge < -0.3 is 15.7 Å². The van der Waals surface area contributed by atoms with Gasteiger partial charge in [0, 0.05) is 10.1 Å². The van der Waals surface area contributed by atoms with Crippen molar-refractivity contribution >= 4 is 55.9 Å². The highest BCUT2D eigenvalue weighted by molar-refractivity contribution is 14.1. The highest BCUT2D eigenvalue weighted by atomic mass is 127. The number of carbonyl (C=O) groups excluding carboxylic acids is 1. The van der Waals surface area contributed by atoms with Gasteiger partial charge in [0.05, 0.1) is 23.2 Å². The molecule has 0 fully saturated rings. The minimum Gasteiger partial charge on any atom is -0.478 e. The van der Waals surface area contributed by atoms with Crippen LogP contribution in [0.3, 0.4) is 0 Å². The number of amides is 1. The second-order valence-corrected chi connectivity index (χ2v) is 10.4. The molecule has 0 radical (unpaired) electrons. The third-order valence-electron chi connectivity index (χ3n) is 4.65. The summed E-state index contributed by atoms with van der Waals surface area (Å²) >= 11 is 2.12. The number of carbonyl (C=O) groups is 2. The lowest BCUT2D eigenvalue weighted by molar-refractivity contribution is -0.122. The van der Waals surface area contributed by atoms with Crippen LogP contribution in [0, 0.1) is 3.57 Å². The third kappa shape index (κ3) is 8.40. The molecule has 0 aliphatic carbocycles. The number of carboxylic acids is 1. The first-order valence-electron chi connectivity index (χ1n) is 10.2. The SMILES string of the molecule is CCCCCNC(=O)[C@H](Cc1ccc(Nc2ccccc2C(=O)O)c(I)c1)NS(C)(=O)=O. The smallest absolute Gasteiger partial charge is 0.337 e. The average Bonchev–Trinajstić information content (AvgIpc) is 2.72. The molecule has 4 N–H and O–H groups in total. The first-order chi connectivity index (χ1) is 15.1. The number of hydrogen-bond donors (Lipinski definition) is 4. The number of rotatable bonds is 12. The number of aromatic carboxylic acids is 1. The van der Waals surface area contributed by atoms with Gasteiger partial charge >= 0.3 is 5.97 Å². The summed E-state index contributed by atoms with van der Waals surface area (Å²) < 4.78 is 26.8. The van der Waals surface area contributed by atoms with E-state index < -0.39 is 22.0 Å². The number of benzene rings is 2. The third-order valence-corrected chi connectivity index (χ3v) is 6.26. The van der Waals surface area contributed by atoms with Crippen molar-refractivity contribution < 1.29 is 23.1 Å². The number of anilines is 2. The number of para-hydroxylation sites is 1. The van der Waals surface area contributed by atoms with Crippen LogP contribution in [-0.4, -0.2) is 44.2 Å². The van der Waals surface area contributed by atoms with E-state index in [-0.39, 0.29) is 17.9 Å². The molecule has 2 rings (SSSR count). The fourth-order valence-corrected chi connectivity index (χ4v) is 4.52. The van der Waals surface area contributed by atoms with Gasteiger partial charge in [-0.2, -0.15) is 0 Å². The monoisotopic (exact) mass is 573 g/mol. The topological polar surface area (TPSA) is 125 Å². The lowest BCUT2D eigenvalue weighted by Crippen LogP contribution is -2.47. The van der Waals surface area contributed by atoms with Crippen molar-refractivity contribution in [3.05, 3.63) is 57.2 Å². The Balaban J connectivity index is 2.16. The molecule has 0 aromatic heterocycles. The minimum atomic E-state index is -3.58. The summed E-state index contributed by atoms with van der Waals surface area (Å²) in [5, 5.41) is 15.3. The van der Waals surface area contributed by atoms with Crippen LogP contribution in [0.4, 0.5) is 11.4 Å². The van der Waals surface area contributed by atoms with E-state index in [4.69, 9.17) is 0 Å². The fourth-order valence-electron chi connectivity index (χ4n) is 3.10. The van der Waals surface area contributed by atoms with Gasteiger partial charge in [-0.15, -0.1) is 0 Å². The van der Waals surface area contributed by atoms with E-state index in [1.807, 2.05) is 6.07 Å². The second kappa shape index (κ2) is 12.2. The molecular formula is C22H28IN3O5S. The Bertz CT molecular complexity index is 1060. The molecule has 1 amide bonds. The molecular weight excluding hydrogens is 545 g/mol. The van der Waals surface area contributed by atoms with Crippen molar-refractivity contribution in [3.8, 4) is 0 Å². The molecule has 0 aliphatic rings. The van der Waals surface area contributed by atoms with Crippen molar-refractivity contribution in [1.29, 1.82) is 0 Å². The van der Waals surface area contributed by atoms with E-state index in [1.165, 1.54) is 6.07 Å². The number of nitrogens with one attached hydrogen (secondary N) is 3. The number of unbranched alkanes of at least 4 members (excludes halogenated alkanes) is 2. The Kier molecular flexibility index (Phi) is 9.91. The summed E-state index contributed by atoms with van der Waals surface area (Å²) in [4.78, 5) is 24.0. The molecule has 8 nitrogen and oxygen atoms in total. The molecule has 0 spiro atoms. The molecule has 2 aromatic carbocycles. The summed E-state index contributed by atoms with van der Waals surface area (Å²) in [7, 11) is -3.58. The zero-order valence-corrected chi connectivity index (χ0v) is 21.0. The van der Waals surface area contributed by atoms with Crippen LogP contribution < -0.4 is 15.4 Å². The van der Waals surface area contributed by atoms with Gasteiger partial charge in [0.25, 0.3) is 0 Å². The molecule has 0 bridgehead atoms. The second-order valence-electron chi connectivity index (χ2n) is 7.43. The van der Waals surface area contributed by atoms with Crippen LogP contribution in [0.1, 0.15) is 42.1 Å². The molecule has 0 saturated carbocycles. The highest BCUT2D eigenvalue weighted by Crippen LogP contribution is 2.26. The highest BCUT2D eigenvalue weighted by Gasteiger charge is 2.22. The normalized spacial score (nSPS) is 12.2. The Morgan fingerprint density at radius 2 is 1.81 bits per heavy atom. The molecule has 32 heavy (non-hydrogen) atoms. The van der Waals surface area contributed by atoms with Gasteiger partial charge in [-0.3, -0.25) is 4.79 Å². The number of halogens is 1. The molecule has 0 aliphatic heterocycles. The Hall–Kier alpha value is -2.18. The zero-order chi connectivity index (χ0) is 23.7. The number of hydrogen-bond acceptors (Lipinski definition) is 5. The summed E-state index contributed by atoms with van der Waals surface area (Å²) in [6.07, 6.45) is 4.07. The molecule has 0 unspecified atom stereocenters. The van der Waals surface area contributed by atoms with Crippen molar-refractivity contribution in [2.45, 2.75) is 38.6 Å². The van der Waals surface area contributed by atoms with E-state index in [1.54, 1.807) is 30.3 Å². The van der Waals surface area contributed by atoms with E-state index in [0.29, 0.717) is 17.9 Å². The summed E-state index contributed by atoms with van der Waals surface area (Å²) in [6, 6.07) is 11.1. The standard InChI is InChI=1S/C22H28IN3O5S/c1-3-4-7-12-24-21(27)20(26-32(2,30)31)14-15-10-11-19(17(23)13-15)25-18-9-6-5-8-16(18)22(28)29/h5-6,8-11,13,20,25-26H,3-4,7,12,14H2,1-2H3,(H,24,27)(H,28,29)/t20-/m0/s1. The average molecular weight is 573 g/mol. The van der Waals surface area contributed by atoms with E-state index in [9.17, 15) is 23.1 Å². The van der Waals surface area contributed by atoms with Gasteiger partial charge in [-0.05, 0) is 65.3 Å². The summed E-state index contributed by atoms with van der Waals surface area (Å²) in [6.45, 7) is 2.56. The first kappa shape index (κ1) is 26.1. The predicted octanol–water partition coefficient (Wildman–Crippen LogP) is 3.50. The van der Waals surface area contributed by atoms with E-state index >= 15 is 0 Å². The molecule has 1 atom stereocenters. The van der Waals surface area contributed by atoms with Gasteiger partial charge in [0.15, 0.2) is 0 Å². The minimum absolute atomic E-state index is 0.157. The zero-order valence-electron chi connectivity index (χ0n) is 18.0. The molecule has 2 aromatic rings. The summed E-state index contributed by atoms with van der Waals surface area (Å²) in [5.41, 5.74) is 2.11. The lowest BCUT2D eigenvalue weighted by Gasteiger charge is -2.18. The molecule has 0 heterocycles. The molecule has 174 valence electrons. The Morgan fingerprint density at radius 1 is 1.09 bits per heavy atom. The number of sulfonamides is 1. The fraction of sp³-hybridized carbons (Fsp3) is 0.364. The van der Waals surface area contributed by atoms with E-state index in [2.05, 4.69) is 44.9 Å². The molecule has 10 heteroatoms. The van der Waals surface area contributed by atoms with Gasteiger partial charge in [0.2, 0.25) is 15.9 Å². The largest absolute Gasteiger partial charge is 0.478 e. The van der Waals surface area contributed by atoms with Gasteiger partial charge in [0.1, 0.15) is 6.04 Å². The number of carboxylic acid groups (broad SMARTS) is 1. The predicted molar refractivity (Wildman–Crippen MR) is 134 cm³/mol. The molecule has 0 saturated heterocycles. The van der Waals surface area contributed by atoms with E-state index in [0.717, 1.165) is 34.7 Å². The van der Waals surface area contributed by atoms with Crippen LogP contribution in [0.5, 0.6) is 0 Å². The van der Waals surface area contributed by atoms with Crippen LogP contribution in [0.2, 0.25) is 0 Å². The quantitative estimate of drug-likeness (QED) is 0.228. The van der Waals surface area contributed by atoms with Crippen LogP contribution in [-0.2, 0) is 21.2 Å². The van der Waals surface area contributed by atoms with Crippen LogP contribution in [0.15, 0.2) is 42.5 Å². The Labute approximate surface area is 202 Å².